The maximum absolute atomic E-state index is 10.4. The van der Waals surface area contributed by atoms with E-state index in [0.29, 0.717) is 18.1 Å². The number of aliphatic carboxylic acids is 1. The molecule has 0 amide bonds. The van der Waals surface area contributed by atoms with Crippen LogP contribution in [0.2, 0.25) is 0 Å². The fraction of sp³-hybridized carbons (Fsp3) is 0.750. The molecule has 0 aliphatic carbocycles. The highest BCUT2D eigenvalue weighted by atomic mass is 32.2. The van der Waals surface area contributed by atoms with E-state index in [9.17, 15) is 4.79 Å². The third-order valence-electron chi connectivity index (χ3n) is 1.48. The summed E-state index contributed by atoms with van der Waals surface area (Å²) in [5.74, 6) is -0.0292. The smallest absolute Gasteiger partial charge is 0.321 e. The average Bonchev–Trinajstić information content (AvgIpc) is 2.10. The van der Waals surface area contributed by atoms with E-state index in [4.69, 9.17) is 16.6 Å². The number of hydrogen-bond donors (Lipinski definition) is 3. The third kappa shape index (κ3) is 6.73. The first-order valence-corrected chi connectivity index (χ1v) is 5.35. The molecule has 0 bridgehead atoms. The van der Waals surface area contributed by atoms with E-state index < -0.39 is 12.0 Å². The van der Waals surface area contributed by atoms with Crippen molar-refractivity contribution in [3.63, 3.8) is 0 Å². The lowest BCUT2D eigenvalue weighted by Crippen LogP contribution is -2.33. The molecule has 5 nitrogen and oxygen atoms in total. The molecule has 0 fully saturated rings. The fourth-order valence-electron chi connectivity index (χ4n) is 0.664. The van der Waals surface area contributed by atoms with Crippen molar-refractivity contribution in [2.45, 2.75) is 25.1 Å². The van der Waals surface area contributed by atoms with Gasteiger partial charge in [0, 0.05) is 11.0 Å². The van der Waals surface area contributed by atoms with Crippen molar-refractivity contribution < 1.29 is 9.90 Å². The summed E-state index contributed by atoms with van der Waals surface area (Å²) in [5, 5.41) is 8.76. The predicted octanol–water partition coefficient (Wildman–Crippen LogP) is -0.103. The van der Waals surface area contributed by atoms with E-state index in [1.165, 1.54) is 11.8 Å². The molecule has 0 saturated heterocycles. The molecule has 5 N–H and O–H groups in total. The number of aliphatic imine (C=N–C) groups is 1. The van der Waals surface area contributed by atoms with Gasteiger partial charge in [0.15, 0.2) is 0 Å². The number of nitrogens with two attached hydrogens (primary N) is 2. The van der Waals surface area contributed by atoms with Crippen molar-refractivity contribution in [3.8, 4) is 0 Å². The van der Waals surface area contributed by atoms with Crippen molar-refractivity contribution in [3.05, 3.63) is 0 Å². The number of carboxylic acids is 1. The molecule has 0 aromatic rings. The van der Waals surface area contributed by atoms with E-state index in [-0.39, 0.29) is 5.25 Å². The zero-order valence-corrected chi connectivity index (χ0v) is 9.25. The van der Waals surface area contributed by atoms with E-state index in [1.807, 2.05) is 6.92 Å². The molecule has 0 rings (SSSR count). The van der Waals surface area contributed by atoms with Crippen molar-refractivity contribution in [2.24, 2.45) is 16.5 Å². The molecule has 82 valence electrons. The number of hydrogen-bond acceptors (Lipinski definition) is 4. The summed E-state index contributed by atoms with van der Waals surface area (Å²) in [7, 11) is 0. The largest absolute Gasteiger partial charge is 0.480 e. The zero-order chi connectivity index (χ0) is 11.1. The van der Waals surface area contributed by atoms with Gasteiger partial charge in [-0.3, -0.25) is 9.79 Å². The summed E-state index contributed by atoms with van der Waals surface area (Å²) in [4.78, 5) is 14.4. The molecular weight excluding hydrogens is 202 g/mol. The van der Waals surface area contributed by atoms with Crippen LogP contribution in [0.25, 0.3) is 0 Å². The normalized spacial score (nSPS) is 16.4. The third-order valence-corrected chi connectivity index (χ3v) is 2.74. The van der Waals surface area contributed by atoms with Gasteiger partial charge >= 0.3 is 5.97 Å². The Labute approximate surface area is 87.9 Å². The van der Waals surface area contributed by atoms with E-state index in [2.05, 4.69) is 4.99 Å². The van der Waals surface area contributed by atoms with Gasteiger partial charge in [-0.15, -0.1) is 0 Å². The average molecular weight is 219 g/mol. The Morgan fingerprint density at radius 3 is 2.64 bits per heavy atom. The van der Waals surface area contributed by atoms with Crippen molar-refractivity contribution >= 4 is 23.6 Å². The zero-order valence-electron chi connectivity index (χ0n) is 8.43. The minimum atomic E-state index is -0.969. The Kier molecular flexibility index (Phi) is 6.31. The van der Waals surface area contributed by atoms with Gasteiger partial charge in [0.25, 0.3) is 0 Å². The second-order valence-corrected chi connectivity index (χ2v) is 4.54. The van der Waals surface area contributed by atoms with Crippen LogP contribution in [0.1, 0.15) is 13.8 Å². The fourth-order valence-corrected chi connectivity index (χ4v) is 1.52. The van der Waals surface area contributed by atoms with Crippen LogP contribution >= 0.6 is 11.8 Å². The van der Waals surface area contributed by atoms with Crippen LogP contribution in [0, 0.1) is 0 Å². The molecule has 2 atom stereocenters. The number of thioether (sulfide) groups is 1. The lowest BCUT2D eigenvalue weighted by molar-refractivity contribution is -0.137. The number of amidine groups is 1. The van der Waals surface area contributed by atoms with Crippen LogP contribution in [0.4, 0.5) is 0 Å². The van der Waals surface area contributed by atoms with Crippen LogP contribution in [0.5, 0.6) is 0 Å². The highest BCUT2D eigenvalue weighted by molar-refractivity contribution is 8.00. The second-order valence-electron chi connectivity index (χ2n) is 3.07. The standard InChI is InChI=1S/C8H17N3O2S/c1-5(3-11-6(2)9)14-4-7(10)8(12)13/h5,7H,3-4,10H2,1-2H3,(H2,9,11)(H,12,13)/t5-,7-/m1/s1. The van der Waals surface area contributed by atoms with Gasteiger partial charge in [0.1, 0.15) is 6.04 Å². The molecule has 0 aromatic carbocycles. The molecule has 0 aromatic heterocycles. The topological polar surface area (TPSA) is 102 Å². The van der Waals surface area contributed by atoms with Crippen molar-refractivity contribution in [2.75, 3.05) is 12.3 Å². The van der Waals surface area contributed by atoms with Crippen LogP contribution in [0.15, 0.2) is 4.99 Å². The SMILES string of the molecule is CC(N)=NC[C@@H](C)SC[C@@H](N)C(=O)O. The van der Waals surface area contributed by atoms with Gasteiger partial charge in [-0.2, -0.15) is 11.8 Å². The summed E-state index contributed by atoms with van der Waals surface area (Å²) >= 11 is 1.49. The summed E-state index contributed by atoms with van der Waals surface area (Å²) in [6.45, 7) is 4.28. The molecule has 0 unspecified atom stereocenters. The number of carbonyl (C=O) groups is 1. The van der Waals surface area contributed by atoms with Gasteiger partial charge in [-0.25, -0.2) is 0 Å². The van der Waals surface area contributed by atoms with Crippen LogP contribution in [-0.2, 0) is 4.79 Å². The van der Waals surface area contributed by atoms with Crippen LogP contribution in [-0.4, -0.2) is 40.5 Å². The van der Waals surface area contributed by atoms with Gasteiger partial charge in [-0.1, -0.05) is 6.92 Å². The number of rotatable bonds is 6. The highest BCUT2D eigenvalue weighted by Gasteiger charge is 2.13. The Morgan fingerprint density at radius 2 is 2.21 bits per heavy atom. The van der Waals surface area contributed by atoms with Gasteiger partial charge in [-0.05, 0) is 6.92 Å². The summed E-state index contributed by atoms with van der Waals surface area (Å²) in [5.41, 5.74) is 10.7. The quantitative estimate of drug-likeness (QED) is 0.427. The summed E-state index contributed by atoms with van der Waals surface area (Å²) in [6, 6.07) is -0.801. The van der Waals surface area contributed by atoms with Crippen molar-refractivity contribution in [1.29, 1.82) is 0 Å². The minimum Gasteiger partial charge on any atom is -0.480 e. The van der Waals surface area contributed by atoms with Gasteiger partial charge < -0.3 is 16.6 Å². The van der Waals surface area contributed by atoms with E-state index in [0.717, 1.165) is 0 Å². The predicted molar refractivity (Wildman–Crippen MR) is 59.7 cm³/mol. The maximum atomic E-state index is 10.4. The Balaban J connectivity index is 3.69. The first-order chi connectivity index (χ1) is 6.43. The lowest BCUT2D eigenvalue weighted by atomic mass is 10.4. The van der Waals surface area contributed by atoms with Crippen LogP contribution < -0.4 is 11.5 Å². The summed E-state index contributed by atoms with van der Waals surface area (Å²) in [6.07, 6.45) is 0. The first kappa shape index (κ1) is 13.2. The molecule has 14 heavy (non-hydrogen) atoms. The highest BCUT2D eigenvalue weighted by Crippen LogP contribution is 2.11. The first-order valence-electron chi connectivity index (χ1n) is 4.30. The van der Waals surface area contributed by atoms with E-state index in [1.54, 1.807) is 6.92 Å². The molecule has 0 aliphatic rings. The maximum Gasteiger partial charge on any atom is 0.321 e. The number of nitrogens with zero attached hydrogens (tertiary/aromatic N) is 1. The Bertz CT molecular complexity index is 217. The monoisotopic (exact) mass is 219 g/mol. The molecule has 0 spiro atoms. The second kappa shape index (κ2) is 6.67. The Hall–Kier alpha value is -0.750. The lowest BCUT2D eigenvalue weighted by Gasteiger charge is -2.10. The molecule has 6 heteroatoms. The molecule has 0 heterocycles. The molecule has 0 saturated carbocycles. The molecule has 0 radical (unpaired) electrons. The van der Waals surface area contributed by atoms with E-state index >= 15 is 0 Å². The van der Waals surface area contributed by atoms with Gasteiger partial charge in [0.05, 0.1) is 12.4 Å². The number of carboxylic acid groups (broad SMARTS) is 1. The van der Waals surface area contributed by atoms with Crippen molar-refractivity contribution in [1.82, 2.24) is 0 Å². The minimum absolute atomic E-state index is 0.235. The van der Waals surface area contributed by atoms with Gasteiger partial charge in [0.2, 0.25) is 0 Å². The Morgan fingerprint density at radius 1 is 1.64 bits per heavy atom. The summed E-state index contributed by atoms with van der Waals surface area (Å²) < 4.78 is 0. The molecular formula is C8H17N3O2S. The molecule has 0 aliphatic heterocycles. The van der Waals surface area contributed by atoms with Crippen LogP contribution in [0.3, 0.4) is 0 Å².